The van der Waals surface area contributed by atoms with Crippen LogP contribution in [0.3, 0.4) is 0 Å². The molecule has 1 aromatic carbocycles. The maximum atomic E-state index is 13.0. The van der Waals surface area contributed by atoms with Crippen LogP contribution >= 0.6 is 0 Å². The third kappa shape index (κ3) is 4.49. The van der Waals surface area contributed by atoms with Crippen LogP contribution in [0, 0.1) is 0 Å². The van der Waals surface area contributed by atoms with Crippen LogP contribution in [-0.4, -0.2) is 50.8 Å². The summed E-state index contributed by atoms with van der Waals surface area (Å²) in [5.74, 6) is 0.678. The number of para-hydroxylation sites is 1. The van der Waals surface area contributed by atoms with Crippen molar-refractivity contribution >= 4 is 5.91 Å². The third-order valence-corrected chi connectivity index (χ3v) is 5.97. The van der Waals surface area contributed by atoms with E-state index in [2.05, 4.69) is 22.2 Å². The molecule has 1 amide bonds. The first-order valence-electron chi connectivity index (χ1n) is 11.1. The molecule has 0 saturated carbocycles. The molecule has 30 heavy (non-hydrogen) atoms. The van der Waals surface area contributed by atoms with Gasteiger partial charge in [0, 0.05) is 31.5 Å². The average molecular weight is 406 g/mol. The minimum absolute atomic E-state index is 0.0773. The van der Waals surface area contributed by atoms with Gasteiger partial charge < -0.3 is 14.8 Å². The Morgan fingerprint density at radius 2 is 1.93 bits per heavy atom. The zero-order chi connectivity index (χ0) is 20.8. The first-order valence-corrected chi connectivity index (χ1v) is 11.1. The van der Waals surface area contributed by atoms with Gasteiger partial charge in [0.05, 0.1) is 11.9 Å². The van der Waals surface area contributed by atoms with E-state index in [9.17, 15) is 4.79 Å². The number of aromatic nitrogens is 3. The van der Waals surface area contributed by atoms with Gasteiger partial charge in [-0.2, -0.15) is 5.10 Å². The fraction of sp³-hybridized carbons (Fsp3) is 0.417. The Morgan fingerprint density at radius 3 is 2.70 bits per heavy atom. The molecule has 1 N–H and O–H groups in total. The van der Waals surface area contributed by atoms with Crippen molar-refractivity contribution in [3.05, 3.63) is 66.6 Å². The Balaban J connectivity index is 1.43. The fourth-order valence-electron chi connectivity index (χ4n) is 4.38. The molecule has 4 rings (SSSR count). The summed E-state index contributed by atoms with van der Waals surface area (Å²) in [6, 6.07) is 14.5. The number of carbonyl (C=O) groups is 1. The minimum Gasteiger partial charge on any atom is -0.352 e. The van der Waals surface area contributed by atoms with E-state index in [1.54, 1.807) is 6.20 Å². The maximum absolute atomic E-state index is 13.0. The lowest BCUT2D eigenvalue weighted by Crippen LogP contribution is -2.40. The Morgan fingerprint density at radius 1 is 1.13 bits per heavy atom. The molecule has 158 valence electrons. The number of amides is 1. The van der Waals surface area contributed by atoms with Crippen molar-refractivity contribution in [2.45, 2.75) is 45.1 Å². The Labute approximate surface area is 178 Å². The zero-order valence-electron chi connectivity index (χ0n) is 17.7. The second kappa shape index (κ2) is 9.76. The first kappa shape index (κ1) is 20.4. The second-order valence-electron chi connectivity index (χ2n) is 7.92. The molecule has 0 aliphatic carbocycles. The molecular weight excluding hydrogens is 374 g/mol. The number of benzene rings is 1. The average Bonchev–Trinajstić information content (AvgIpc) is 3.47. The van der Waals surface area contributed by atoms with Crippen LogP contribution in [0.2, 0.25) is 0 Å². The van der Waals surface area contributed by atoms with Crippen LogP contribution < -0.4 is 5.32 Å². The van der Waals surface area contributed by atoms with Crippen molar-refractivity contribution in [1.82, 2.24) is 24.6 Å². The number of likely N-dealkylation sites (tertiary alicyclic amines) is 1. The maximum Gasteiger partial charge on any atom is 0.256 e. The summed E-state index contributed by atoms with van der Waals surface area (Å²) in [5.41, 5.74) is 1.51. The van der Waals surface area contributed by atoms with Crippen molar-refractivity contribution in [2.75, 3.05) is 19.6 Å². The number of hydrogen-bond donors (Lipinski definition) is 1. The van der Waals surface area contributed by atoms with Crippen LogP contribution in [0.1, 0.15) is 49.4 Å². The van der Waals surface area contributed by atoms with Crippen LogP contribution in [0.15, 0.2) is 61.1 Å². The molecular formula is C24H31N5O. The number of hydrogen-bond acceptors (Lipinski definition) is 3. The zero-order valence-corrected chi connectivity index (χ0v) is 17.7. The molecule has 0 bridgehead atoms. The van der Waals surface area contributed by atoms with Crippen molar-refractivity contribution in [3.8, 4) is 11.5 Å². The van der Waals surface area contributed by atoms with E-state index in [0.29, 0.717) is 18.2 Å². The van der Waals surface area contributed by atoms with Gasteiger partial charge in [-0.3, -0.25) is 4.79 Å². The highest BCUT2D eigenvalue weighted by Crippen LogP contribution is 2.21. The number of carbonyl (C=O) groups excluding carboxylic acids is 1. The highest BCUT2D eigenvalue weighted by Gasteiger charge is 2.21. The fourth-order valence-corrected chi connectivity index (χ4v) is 4.38. The molecule has 6 nitrogen and oxygen atoms in total. The monoisotopic (exact) mass is 405 g/mol. The van der Waals surface area contributed by atoms with E-state index in [0.717, 1.165) is 24.5 Å². The van der Waals surface area contributed by atoms with E-state index in [-0.39, 0.29) is 5.91 Å². The summed E-state index contributed by atoms with van der Waals surface area (Å²) in [6.07, 6.45) is 11.7. The van der Waals surface area contributed by atoms with Gasteiger partial charge in [0.1, 0.15) is 5.56 Å². The van der Waals surface area contributed by atoms with Gasteiger partial charge in [-0.15, -0.1) is 0 Å². The molecule has 1 saturated heterocycles. The van der Waals surface area contributed by atoms with E-state index < -0.39 is 0 Å². The number of nitrogens with one attached hydrogen (secondary N) is 1. The van der Waals surface area contributed by atoms with Crippen molar-refractivity contribution < 1.29 is 4.79 Å². The minimum atomic E-state index is -0.0773. The number of piperidine rings is 1. The van der Waals surface area contributed by atoms with Gasteiger partial charge in [0.25, 0.3) is 5.91 Å². The quantitative estimate of drug-likeness (QED) is 0.575. The van der Waals surface area contributed by atoms with Crippen LogP contribution in [-0.2, 0) is 0 Å². The van der Waals surface area contributed by atoms with Gasteiger partial charge in [-0.25, -0.2) is 4.68 Å². The topological polar surface area (TPSA) is 55.1 Å². The lowest BCUT2D eigenvalue weighted by Gasteiger charge is -2.35. The highest BCUT2D eigenvalue weighted by molar-refractivity contribution is 5.97. The highest BCUT2D eigenvalue weighted by atomic mass is 16.1. The normalized spacial score (nSPS) is 17.2. The van der Waals surface area contributed by atoms with E-state index in [4.69, 9.17) is 0 Å². The van der Waals surface area contributed by atoms with Crippen molar-refractivity contribution in [3.63, 3.8) is 0 Å². The number of nitrogens with zero attached hydrogens (tertiary/aromatic N) is 4. The second-order valence-corrected chi connectivity index (χ2v) is 7.92. The van der Waals surface area contributed by atoms with E-state index in [1.807, 2.05) is 64.1 Å². The molecule has 6 heteroatoms. The predicted octanol–water partition coefficient (Wildman–Crippen LogP) is 4.05. The Hall–Kier alpha value is -2.86. The molecule has 3 aromatic rings. The Bertz CT molecular complexity index is 932. The summed E-state index contributed by atoms with van der Waals surface area (Å²) < 4.78 is 3.75. The molecule has 0 spiro atoms. The standard InChI is InChI=1S/C24H31N5O/c1-2-20-11-6-7-15-27(20)18-10-14-25-23(30)22-19-26-29(21-12-4-3-5-13-21)24(22)28-16-8-9-17-28/h3-5,8-9,12-13,16-17,19-20H,2,6-7,10-11,14-15,18H2,1H3,(H,25,30)/t20-/m0/s1. The lowest BCUT2D eigenvalue weighted by atomic mass is 10.00. The summed E-state index contributed by atoms with van der Waals surface area (Å²) in [4.78, 5) is 15.6. The summed E-state index contributed by atoms with van der Waals surface area (Å²) in [6.45, 7) is 5.19. The van der Waals surface area contributed by atoms with Gasteiger partial charge in [-0.1, -0.05) is 31.5 Å². The van der Waals surface area contributed by atoms with E-state index >= 15 is 0 Å². The van der Waals surface area contributed by atoms with Gasteiger partial charge >= 0.3 is 0 Å². The van der Waals surface area contributed by atoms with Crippen LogP contribution in [0.5, 0.6) is 0 Å². The summed E-state index contributed by atoms with van der Waals surface area (Å²) in [7, 11) is 0. The van der Waals surface area contributed by atoms with Gasteiger partial charge in [-0.05, 0) is 56.5 Å². The molecule has 2 aromatic heterocycles. The van der Waals surface area contributed by atoms with Gasteiger partial charge in [0.2, 0.25) is 0 Å². The smallest absolute Gasteiger partial charge is 0.256 e. The SMILES string of the molecule is CC[C@H]1CCCCN1CCCNC(=O)c1cnn(-c2ccccc2)c1-n1cccc1. The molecule has 1 fully saturated rings. The van der Waals surface area contributed by atoms with Crippen molar-refractivity contribution in [1.29, 1.82) is 0 Å². The van der Waals surface area contributed by atoms with Gasteiger partial charge in [0.15, 0.2) is 5.82 Å². The van der Waals surface area contributed by atoms with E-state index in [1.165, 1.54) is 32.2 Å². The summed E-state index contributed by atoms with van der Waals surface area (Å²) in [5, 5.41) is 7.62. The molecule has 3 heterocycles. The van der Waals surface area contributed by atoms with Crippen molar-refractivity contribution in [2.24, 2.45) is 0 Å². The molecule has 0 radical (unpaired) electrons. The van der Waals surface area contributed by atoms with Crippen LogP contribution in [0.25, 0.3) is 11.5 Å². The molecule has 0 unspecified atom stereocenters. The predicted molar refractivity (Wildman–Crippen MR) is 119 cm³/mol. The number of rotatable bonds is 8. The molecule has 1 atom stereocenters. The third-order valence-electron chi connectivity index (χ3n) is 5.97. The van der Waals surface area contributed by atoms with Crippen LogP contribution in [0.4, 0.5) is 0 Å². The molecule has 1 aliphatic rings. The first-order chi connectivity index (χ1) is 14.8. The Kier molecular flexibility index (Phi) is 6.64. The molecule has 1 aliphatic heterocycles. The summed E-state index contributed by atoms with van der Waals surface area (Å²) >= 11 is 0. The largest absolute Gasteiger partial charge is 0.352 e. The lowest BCUT2D eigenvalue weighted by molar-refractivity contribution is 0.0947.